The largest absolute Gasteiger partial charge is 0.359 e. The maximum atomic E-state index is 11.8. The number of amides is 2. The minimum atomic E-state index is -0.0559. The molecule has 2 N–H and O–H groups in total. The monoisotopic (exact) mass is 292 g/mol. The normalized spacial score (nSPS) is 22.6. The van der Waals surface area contributed by atoms with Gasteiger partial charge in [-0.3, -0.25) is 9.59 Å². The van der Waals surface area contributed by atoms with Crippen molar-refractivity contribution in [3.63, 3.8) is 0 Å². The van der Waals surface area contributed by atoms with Gasteiger partial charge in [-0.25, -0.2) is 0 Å². The van der Waals surface area contributed by atoms with Gasteiger partial charge in [0.1, 0.15) is 0 Å². The number of hydrogen-bond donors (Lipinski definition) is 2. The molecule has 4 nitrogen and oxygen atoms in total. The summed E-state index contributed by atoms with van der Waals surface area (Å²) < 4.78 is 0. The van der Waals surface area contributed by atoms with Crippen LogP contribution in [-0.4, -0.2) is 24.9 Å². The van der Waals surface area contributed by atoms with Crippen LogP contribution in [0.4, 0.5) is 0 Å². The zero-order valence-corrected chi connectivity index (χ0v) is 12.4. The van der Waals surface area contributed by atoms with Crippen LogP contribution in [0.15, 0.2) is 22.9 Å². The lowest BCUT2D eigenvalue weighted by Gasteiger charge is -2.27. The van der Waals surface area contributed by atoms with Gasteiger partial charge in [0.2, 0.25) is 11.8 Å². The van der Waals surface area contributed by atoms with Crippen LogP contribution in [0, 0.1) is 5.92 Å². The molecule has 0 atom stereocenters. The zero-order chi connectivity index (χ0) is 14.4. The summed E-state index contributed by atoms with van der Waals surface area (Å²) in [6, 6.07) is 2.17. The lowest BCUT2D eigenvalue weighted by molar-refractivity contribution is -0.125. The minimum absolute atomic E-state index is 0.0559. The van der Waals surface area contributed by atoms with E-state index in [1.165, 1.54) is 0 Å². The molecule has 0 saturated heterocycles. The molecule has 2 rings (SSSR count). The summed E-state index contributed by atoms with van der Waals surface area (Å²) in [5.41, 5.74) is 1.05. The van der Waals surface area contributed by atoms with E-state index in [4.69, 9.17) is 0 Å². The first-order chi connectivity index (χ1) is 9.69. The maximum absolute atomic E-state index is 11.8. The van der Waals surface area contributed by atoms with Crippen LogP contribution in [0.25, 0.3) is 6.08 Å². The number of carbonyl (C=O) groups is 2. The summed E-state index contributed by atoms with van der Waals surface area (Å²) in [7, 11) is 1.67. The van der Waals surface area contributed by atoms with Gasteiger partial charge in [0.15, 0.2) is 0 Å². The average Bonchev–Trinajstić information content (AvgIpc) is 2.98. The molecule has 0 unspecified atom stereocenters. The molecular formula is C15H20N2O2S. The van der Waals surface area contributed by atoms with E-state index in [1.807, 2.05) is 22.9 Å². The molecule has 0 spiro atoms. The fraction of sp³-hybridized carbons (Fsp3) is 0.467. The van der Waals surface area contributed by atoms with E-state index in [2.05, 4.69) is 10.6 Å². The van der Waals surface area contributed by atoms with Crippen LogP contribution in [0.3, 0.4) is 0 Å². The second-order valence-corrected chi connectivity index (χ2v) is 5.84. The fourth-order valence-electron chi connectivity index (χ4n) is 2.50. The zero-order valence-electron chi connectivity index (χ0n) is 11.6. The number of thiophene rings is 1. The fourth-order valence-corrected chi connectivity index (χ4v) is 3.12. The Kier molecular flexibility index (Phi) is 5.35. The predicted molar refractivity (Wildman–Crippen MR) is 81.3 cm³/mol. The van der Waals surface area contributed by atoms with Crippen LogP contribution in [0.1, 0.15) is 31.2 Å². The molecule has 5 heteroatoms. The molecule has 2 amide bonds. The van der Waals surface area contributed by atoms with Gasteiger partial charge in [0, 0.05) is 25.1 Å². The van der Waals surface area contributed by atoms with Crippen molar-refractivity contribution >= 4 is 29.2 Å². The van der Waals surface area contributed by atoms with Gasteiger partial charge in [0.05, 0.1) is 0 Å². The molecule has 1 aliphatic rings. The Hall–Kier alpha value is -1.62. The smallest absolute Gasteiger partial charge is 0.244 e. The first-order valence-electron chi connectivity index (χ1n) is 6.91. The van der Waals surface area contributed by atoms with Gasteiger partial charge in [-0.05, 0) is 54.1 Å². The summed E-state index contributed by atoms with van der Waals surface area (Å²) >= 11 is 1.61. The van der Waals surface area contributed by atoms with E-state index < -0.39 is 0 Å². The van der Waals surface area contributed by atoms with Crippen molar-refractivity contribution < 1.29 is 9.59 Å². The van der Waals surface area contributed by atoms with E-state index in [9.17, 15) is 9.59 Å². The molecule has 1 aromatic heterocycles. The van der Waals surface area contributed by atoms with Gasteiger partial charge in [0.25, 0.3) is 0 Å². The lowest BCUT2D eigenvalue weighted by atomic mass is 9.85. The summed E-state index contributed by atoms with van der Waals surface area (Å²) in [6.07, 6.45) is 6.83. The summed E-state index contributed by atoms with van der Waals surface area (Å²) in [5.74, 6) is 0.168. The van der Waals surface area contributed by atoms with Crippen molar-refractivity contribution in [3.8, 4) is 0 Å². The van der Waals surface area contributed by atoms with Crippen LogP contribution >= 0.6 is 11.3 Å². The quantitative estimate of drug-likeness (QED) is 0.836. The van der Waals surface area contributed by atoms with Gasteiger partial charge in [-0.1, -0.05) is 0 Å². The van der Waals surface area contributed by atoms with Crippen molar-refractivity contribution in [3.05, 3.63) is 28.5 Å². The molecule has 0 radical (unpaired) electrons. The van der Waals surface area contributed by atoms with Crippen molar-refractivity contribution in [1.29, 1.82) is 0 Å². The van der Waals surface area contributed by atoms with Crippen LogP contribution in [-0.2, 0) is 9.59 Å². The third-order valence-electron chi connectivity index (χ3n) is 3.66. The molecule has 1 fully saturated rings. The number of hydrogen-bond acceptors (Lipinski definition) is 3. The van der Waals surface area contributed by atoms with E-state index in [1.54, 1.807) is 24.5 Å². The van der Waals surface area contributed by atoms with E-state index in [-0.39, 0.29) is 23.8 Å². The van der Waals surface area contributed by atoms with Gasteiger partial charge in [-0.2, -0.15) is 11.3 Å². The van der Waals surface area contributed by atoms with Crippen LogP contribution < -0.4 is 10.6 Å². The highest BCUT2D eigenvalue weighted by atomic mass is 32.1. The SMILES string of the molecule is CNC(=O)C1CCC(NC(=O)C=Cc2ccsc2)CC1. The average molecular weight is 292 g/mol. The summed E-state index contributed by atoms with van der Waals surface area (Å²) in [5, 5.41) is 9.68. The second kappa shape index (κ2) is 7.24. The van der Waals surface area contributed by atoms with E-state index in [0.29, 0.717) is 0 Å². The second-order valence-electron chi connectivity index (χ2n) is 5.06. The van der Waals surface area contributed by atoms with Gasteiger partial charge < -0.3 is 10.6 Å². The van der Waals surface area contributed by atoms with Gasteiger partial charge >= 0.3 is 0 Å². The molecule has 1 aromatic rings. The Morgan fingerprint density at radius 2 is 2.05 bits per heavy atom. The Morgan fingerprint density at radius 1 is 1.30 bits per heavy atom. The number of rotatable bonds is 4. The maximum Gasteiger partial charge on any atom is 0.244 e. The molecular weight excluding hydrogens is 272 g/mol. The van der Waals surface area contributed by atoms with Crippen molar-refractivity contribution in [2.24, 2.45) is 5.92 Å². The van der Waals surface area contributed by atoms with E-state index in [0.717, 1.165) is 31.2 Å². The molecule has 108 valence electrons. The standard InChI is InChI=1S/C15H20N2O2S/c1-16-15(19)12-3-5-13(6-4-12)17-14(18)7-2-11-8-9-20-10-11/h2,7-10,12-13H,3-6H2,1H3,(H,16,19)(H,17,18). The topological polar surface area (TPSA) is 58.2 Å². The Bertz CT molecular complexity index is 474. The Labute approximate surface area is 123 Å². The third kappa shape index (κ3) is 4.20. The highest BCUT2D eigenvalue weighted by molar-refractivity contribution is 7.08. The molecule has 1 aliphatic carbocycles. The molecule has 0 aliphatic heterocycles. The molecule has 1 saturated carbocycles. The highest BCUT2D eigenvalue weighted by Gasteiger charge is 2.25. The Balaban J connectivity index is 1.75. The molecule has 0 bridgehead atoms. The molecule has 0 aromatic carbocycles. The summed E-state index contributed by atoms with van der Waals surface area (Å²) in [6.45, 7) is 0. The number of carbonyl (C=O) groups excluding carboxylic acids is 2. The van der Waals surface area contributed by atoms with Crippen LogP contribution in [0.5, 0.6) is 0 Å². The predicted octanol–water partition coefficient (Wildman–Crippen LogP) is 2.18. The molecule has 20 heavy (non-hydrogen) atoms. The first-order valence-corrected chi connectivity index (χ1v) is 7.85. The minimum Gasteiger partial charge on any atom is -0.359 e. The van der Waals surface area contributed by atoms with E-state index >= 15 is 0 Å². The number of nitrogens with one attached hydrogen (secondary N) is 2. The third-order valence-corrected chi connectivity index (χ3v) is 4.36. The van der Waals surface area contributed by atoms with Gasteiger partial charge in [-0.15, -0.1) is 0 Å². The first kappa shape index (κ1) is 14.8. The van der Waals surface area contributed by atoms with Crippen molar-refractivity contribution in [2.75, 3.05) is 7.05 Å². The summed E-state index contributed by atoms with van der Waals surface area (Å²) in [4.78, 5) is 23.3. The van der Waals surface area contributed by atoms with Crippen molar-refractivity contribution in [1.82, 2.24) is 10.6 Å². The highest BCUT2D eigenvalue weighted by Crippen LogP contribution is 2.24. The molecule has 1 heterocycles. The Morgan fingerprint density at radius 3 is 2.65 bits per heavy atom. The van der Waals surface area contributed by atoms with Crippen molar-refractivity contribution in [2.45, 2.75) is 31.7 Å². The lowest BCUT2D eigenvalue weighted by Crippen LogP contribution is -2.39. The van der Waals surface area contributed by atoms with Crippen LogP contribution in [0.2, 0.25) is 0 Å².